The van der Waals surface area contributed by atoms with Crippen LogP contribution in [0.25, 0.3) is 0 Å². The van der Waals surface area contributed by atoms with E-state index in [4.69, 9.17) is 4.74 Å². The summed E-state index contributed by atoms with van der Waals surface area (Å²) in [7, 11) is 0. The van der Waals surface area contributed by atoms with Crippen molar-refractivity contribution in [1.82, 2.24) is 4.90 Å². The lowest BCUT2D eigenvalue weighted by Crippen LogP contribution is -2.45. The molecule has 1 aromatic carbocycles. The number of carbonyl (C=O) groups is 4. The van der Waals surface area contributed by atoms with E-state index in [0.717, 1.165) is 16.9 Å². The zero-order valence-electron chi connectivity index (χ0n) is 15.8. The molecule has 2 aliphatic carbocycles. The maximum atomic E-state index is 12.7. The molecule has 0 spiro atoms. The number of ether oxygens (including phenoxy) is 1. The SMILES string of the molecule is Cc1ccccc1NC(=O)COC(=O)[C@H](C)N1C(=O)[C@@H]2[C@H](C1=O)[C@H]1C=C[C@H]2C1. The fourth-order valence-corrected chi connectivity index (χ4v) is 4.57. The summed E-state index contributed by atoms with van der Waals surface area (Å²) in [6, 6.07) is 6.21. The van der Waals surface area contributed by atoms with Gasteiger partial charge in [0, 0.05) is 5.69 Å². The maximum Gasteiger partial charge on any atom is 0.329 e. The largest absolute Gasteiger partial charge is 0.454 e. The number of imide groups is 1. The Morgan fingerprint density at radius 1 is 1.14 bits per heavy atom. The summed E-state index contributed by atoms with van der Waals surface area (Å²) in [6.45, 7) is 2.84. The molecule has 5 atom stereocenters. The molecule has 2 fully saturated rings. The van der Waals surface area contributed by atoms with E-state index in [9.17, 15) is 19.2 Å². The molecule has 1 heterocycles. The molecule has 1 N–H and O–H groups in total. The van der Waals surface area contributed by atoms with Gasteiger partial charge in [-0.25, -0.2) is 4.79 Å². The Labute approximate surface area is 162 Å². The van der Waals surface area contributed by atoms with Crippen molar-refractivity contribution in [1.29, 1.82) is 0 Å². The van der Waals surface area contributed by atoms with Crippen LogP contribution in [-0.2, 0) is 23.9 Å². The summed E-state index contributed by atoms with van der Waals surface area (Å²) in [4.78, 5) is 50.9. The van der Waals surface area contributed by atoms with Crippen molar-refractivity contribution in [2.75, 3.05) is 11.9 Å². The fraction of sp³-hybridized carbons (Fsp3) is 0.429. The first-order valence-electron chi connectivity index (χ1n) is 9.46. The summed E-state index contributed by atoms with van der Waals surface area (Å²) in [5.74, 6) is -2.40. The Bertz CT molecular complexity index is 863. The van der Waals surface area contributed by atoms with Crippen molar-refractivity contribution in [3.63, 3.8) is 0 Å². The number of para-hydroxylation sites is 1. The minimum atomic E-state index is -1.05. The molecule has 1 saturated heterocycles. The van der Waals surface area contributed by atoms with Crippen molar-refractivity contribution in [3.8, 4) is 0 Å². The smallest absolute Gasteiger partial charge is 0.329 e. The molecule has 3 amide bonds. The van der Waals surface area contributed by atoms with E-state index in [1.807, 2.05) is 31.2 Å². The first kappa shape index (κ1) is 18.4. The van der Waals surface area contributed by atoms with E-state index in [1.165, 1.54) is 6.92 Å². The number of fused-ring (bicyclic) bond motifs is 5. The zero-order valence-corrected chi connectivity index (χ0v) is 15.8. The van der Waals surface area contributed by atoms with Gasteiger partial charge in [-0.15, -0.1) is 0 Å². The van der Waals surface area contributed by atoms with Gasteiger partial charge < -0.3 is 10.1 Å². The second-order valence-corrected chi connectivity index (χ2v) is 7.69. The third kappa shape index (κ3) is 2.91. The molecule has 7 nitrogen and oxygen atoms in total. The van der Waals surface area contributed by atoms with Gasteiger partial charge in [0.15, 0.2) is 6.61 Å². The van der Waals surface area contributed by atoms with Gasteiger partial charge in [0.1, 0.15) is 6.04 Å². The average Bonchev–Trinajstić information content (AvgIpc) is 3.35. The molecule has 4 rings (SSSR count). The van der Waals surface area contributed by atoms with Crippen molar-refractivity contribution in [2.45, 2.75) is 26.3 Å². The van der Waals surface area contributed by atoms with Crippen LogP contribution in [0, 0.1) is 30.6 Å². The van der Waals surface area contributed by atoms with Gasteiger partial charge in [-0.1, -0.05) is 30.4 Å². The van der Waals surface area contributed by atoms with Crippen molar-refractivity contribution < 1.29 is 23.9 Å². The number of amides is 3. The second-order valence-electron chi connectivity index (χ2n) is 7.69. The number of benzene rings is 1. The normalized spacial score (nSPS) is 28.4. The highest BCUT2D eigenvalue weighted by Gasteiger charge is 2.60. The van der Waals surface area contributed by atoms with Crippen molar-refractivity contribution >= 4 is 29.4 Å². The second kappa shape index (κ2) is 6.89. The molecule has 146 valence electrons. The highest BCUT2D eigenvalue weighted by Crippen LogP contribution is 2.52. The van der Waals surface area contributed by atoms with E-state index in [-0.39, 0.29) is 35.5 Å². The number of carbonyl (C=O) groups excluding carboxylic acids is 4. The Morgan fingerprint density at radius 2 is 1.75 bits per heavy atom. The van der Waals surface area contributed by atoms with E-state index in [0.29, 0.717) is 5.69 Å². The monoisotopic (exact) mass is 382 g/mol. The number of rotatable bonds is 5. The Balaban J connectivity index is 1.35. The number of aryl methyl sites for hydroxylation is 1. The highest BCUT2D eigenvalue weighted by molar-refractivity contribution is 6.09. The molecule has 0 radical (unpaired) electrons. The van der Waals surface area contributed by atoms with Crippen molar-refractivity contribution in [2.24, 2.45) is 23.7 Å². The topological polar surface area (TPSA) is 92.8 Å². The van der Waals surface area contributed by atoms with Crippen LogP contribution in [0.1, 0.15) is 18.9 Å². The third-order valence-electron chi connectivity index (χ3n) is 6.00. The van der Waals surface area contributed by atoms with E-state index >= 15 is 0 Å². The maximum absolute atomic E-state index is 12.7. The minimum absolute atomic E-state index is 0.0829. The van der Waals surface area contributed by atoms with Crippen LogP contribution in [-0.4, -0.2) is 41.2 Å². The van der Waals surface area contributed by atoms with E-state index in [1.54, 1.807) is 12.1 Å². The van der Waals surface area contributed by atoms with Crippen LogP contribution in [0.15, 0.2) is 36.4 Å². The molecule has 3 aliphatic rings. The number of esters is 1. The van der Waals surface area contributed by atoms with Gasteiger partial charge in [-0.2, -0.15) is 0 Å². The molecule has 7 heteroatoms. The van der Waals surface area contributed by atoms with Gasteiger partial charge in [0.05, 0.1) is 11.8 Å². The number of nitrogens with one attached hydrogen (secondary N) is 1. The lowest BCUT2D eigenvalue weighted by atomic mass is 9.85. The standard InChI is InChI=1S/C21H22N2O5/c1-11-5-3-4-6-15(11)22-16(24)10-28-21(27)12(2)23-19(25)17-13-7-8-14(9-13)18(17)20(23)26/h3-8,12-14,17-18H,9-10H2,1-2H3,(H,22,24)/t12-,13-,14-,17-,18+/m0/s1. The molecule has 1 saturated carbocycles. The third-order valence-corrected chi connectivity index (χ3v) is 6.00. The average molecular weight is 382 g/mol. The Hall–Kier alpha value is -2.96. The lowest BCUT2D eigenvalue weighted by Gasteiger charge is -2.23. The number of nitrogens with zero attached hydrogens (tertiary/aromatic N) is 1. The summed E-state index contributed by atoms with van der Waals surface area (Å²) in [5.41, 5.74) is 1.52. The molecule has 0 unspecified atom stereocenters. The number of likely N-dealkylation sites (tertiary alicyclic amines) is 1. The van der Waals surface area contributed by atoms with E-state index in [2.05, 4.69) is 5.32 Å². The molecular weight excluding hydrogens is 360 g/mol. The Morgan fingerprint density at radius 3 is 2.36 bits per heavy atom. The summed E-state index contributed by atoms with van der Waals surface area (Å²) in [5, 5.41) is 2.67. The number of hydrogen-bond donors (Lipinski definition) is 1. The van der Waals surface area contributed by atoms with Gasteiger partial charge in [-0.3, -0.25) is 19.3 Å². The van der Waals surface area contributed by atoms with Crippen LogP contribution in [0.4, 0.5) is 5.69 Å². The van der Waals surface area contributed by atoms with Crippen molar-refractivity contribution in [3.05, 3.63) is 42.0 Å². The molecule has 1 aliphatic heterocycles. The first-order valence-corrected chi connectivity index (χ1v) is 9.46. The van der Waals surface area contributed by atoms with Crippen LogP contribution in [0.2, 0.25) is 0 Å². The number of allylic oxidation sites excluding steroid dienone is 2. The summed E-state index contributed by atoms with van der Waals surface area (Å²) < 4.78 is 5.07. The quantitative estimate of drug-likeness (QED) is 0.475. The van der Waals surface area contributed by atoms with E-state index < -0.39 is 24.5 Å². The lowest BCUT2D eigenvalue weighted by molar-refractivity contribution is -0.159. The summed E-state index contributed by atoms with van der Waals surface area (Å²) in [6.07, 6.45) is 4.83. The molecular formula is C21H22N2O5. The Kier molecular flexibility index (Phi) is 4.53. The molecule has 1 aromatic rings. The van der Waals surface area contributed by atoms with Gasteiger partial charge in [-0.05, 0) is 43.7 Å². The van der Waals surface area contributed by atoms with Crippen LogP contribution < -0.4 is 5.32 Å². The van der Waals surface area contributed by atoms with Crippen LogP contribution in [0.5, 0.6) is 0 Å². The summed E-state index contributed by atoms with van der Waals surface area (Å²) >= 11 is 0. The van der Waals surface area contributed by atoms with Crippen LogP contribution in [0.3, 0.4) is 0 Å². The predicted octanol–water partition coefficient (Wildman–Crippen LogP) is 1.67. The molecule has 2 bridgehead atoms. The van der Waals surface area contributed by atoms with Gasteiger partial charge in [0.2, 0.25) is 11.8 Å². The minimum Gasteiger partial charge on any atom is -0.454 e. The molecule has 0 aromatic heterocycles. The molecule has 28 heavy (non-hydrogen) atoms. The predicted molar refractivity (Wildman–Crippen MR) is 99.8 cm³/mol. The van der Waals surface area contributed by atoms with Gasteiger partial charge >= 0.3 is 5.97 Å². The zero-order chi connectivity index (χ0) is 20.0. The number of hydrogen-bond acceptors (Lipinski definition) is 5. The van der Waals surface area contributed by atoms with Crippen LogP contribution >= 0.6 is 0 Å². The number of anilines is 1. The first-order chi connectivity index (χ1) is 13.4. The fourth-order valence-electron chi connectivity index (χ4n) is 4.57. The van der Waals surface area contributed by atoms with Gasteiger partial charge in [0.25, 0.3) is 5.91 Å². The highest BCUT2D eigenvalue weighted by atomic mass is 16.5.